The van der Waals surface area contributed by atoms with Gasteiger partial charge in [-0.2, -0.15) is 0 Å². The number of benzene rings is 1. The highest BCUT2D eigenvalue weighted by Crippen LogP contribution is 2.21. The lowest BCUT2D eigenvalue weighted by Crippen LogP contribution is -2.50. The highest BCUT2D eigenvalue weighted by Gasteiger charge is 2.32. The van der Waals surface area contributed by atoms with E-state index in [0.29, 0.717) is 0 Å². The normalized spacial score (nSPS) is 12.7. The number of carbonyl (C=O) groups excluding carboxylic acids is 1. The standard InChI is InChI=1S/C13H16ClFN2O3/c1-13(2,3)10(11(18)19)17-12(20)16-9-6-7(14)4-5-8(9)15/h4-6,10H,1-3H3,(H,18,19)(H2,16,17,20)/t10-/m0/s1. The largest absolute Gasteiger partial charge is 0.480 e. The summed E-state index contributed by atoms with van der Waals surface area (Å²) in [6.07, 6.45) is 0. The number of hydrogen-bond donors (Lipinski definition) is 3. The summed E-state index contributed by atoms with van der Waals surface area (Å²) < 4.78 is 13.4. The van der Waals surface area contributed by atoms with Gasteiger partial charge in [-0.1, -0.05) is 32.4 Å². The highest BCUT2D eigenvalue weighted by molar-refractivity contribution is 6.30. The number of carboxylic acid groups (broad SMARTS) is 1. The fourth-order valence-electron chi connectivity index (χ4n) is 1.53. The minimum absolute atomic E-state index is 0.118. The molecule has 7 heteroatoms. The van der Waals surface area contributed by atoms with Crippen LogP contribution in [0.3, 0.4) is 0 Å². The monoisotopic (exact) mass is 302 g/mol. The summed E-state index contributed by atoms with van der Waals surface area (Å²) in [5.74, 6) is -1.83. The molecular formula is C13H16ClFN2O3. The first-order chi connectivity index (χ1) is 9.11. The first-order valence-corrected chi connectivity index (χ1v) is 6.24. The number of rotatable bonds is 3. The molecule has 0 aromatic heterocycles. The molecule has 1 aromatic carbocycles. The highest BCUT2D eigenvalue weighted by atomic mass is 35.5. The quantitative estimate of drug-likeness (QED) is 0.803. The van der Waals surface area contributed by atoms with E-state index in [1.807, 2.05) is 0 Å². The third kappa shape index (κ3) is 4.38. The van der Waals surface area contributed by atoms with Gasteiger partial charge in [-0.3, -0.25) is 0 Å². The number of hydrogen-bond acceptors (Lipinski definition) is 2. The maximum absolute atomic E-state index is 13.4. The Bertz CT molecular complexity index is 529. The zero-order valence-electron chi connectivity index (χ0n) is 11.3. The summed E-state index contributed by atoms with van der Waals surface area (Å²) in [5, 5.41) is 13.9. The van der Waals surface area contributed by atoms with Crippen molar-refractivity contribution in [1.82, 2.24) is 5.32 Å². The van der Waals surface area contributed by atoms with Gasteiger partial charge in [-0.25, -0.2) is 14.0 Å². The molecular weight excluding hydrogens is 287 g/mol. The number of urea groups is 1. The van der Waals surface area contributed by atoms with E-state index >= 15 is 0 Å². The van der Waals surface area contributed by atoms with E-state index in [9.17, 15) is 14.0 Å². The van der Waals surface area contributed by atoms with E-state index in [2.05, 4.69) is 10.6 Å². The van der Waals surface area contributed by atoms with Crippen LogP contribution in [0.2, 0.25) is 5.02 Å². The molecule has 20 heavy (non-hydrogen) atoms. The summed E-state index contributed by atoms with van der Waals surface area (Å²) in [6.45, 7) is 5.02. The summed E-state index contributed by atoms with van der Waals surface area (Å²) in [7, 11) is 0. The molecule has 0 fully saturated rings. The van der Waals surface area contributed by atoms with E-state index in [0.717, 1.165) is 6.07 Å². The average Bonchev–Trinajstić information content (AvgIpc) is 2.29. The van der Waals surface area contributed by atoms with Crippen LogP contribution in [-0.2, 0) is 4.79 Å². The Morgan fingerprint density at radius 1 is 1.35 bits per heavy atom. The zero-order valence-corrected chi connectivity index (χ0v) is 12.1. The van der Waals surface area contributed by atoms with Gasteiger partial charge in [0.1, 0.15) is 11.9 Å². The van der Waals surface area contributed by atoms with Crippen LogP contribution in [-0.4, -0.2) is 23.1 Å². The second-order valence-corrected chi connectivity index (χ2v) is 5.80. The molecule has 5 nitrogen and oxygen atoms in total. The van der Waals surface area contributed by atoms with Crippen LogP contribution in [0.4, 0.5) is 14.9 Å². The summed E-state index contributed by atoms with van der Waals surface area (Å²) in [5.41, 5.74) is -0.802. The molecule has 0 spiro atoms. The number of anilines is 1. The topological polar surface area (TPSA) is 78.4 Å². The van der Waals surface area contributed by atoms with E-state index in [-0.39, 0.29) is 10.7 Å². The Morgan fingerprint density at radius 3 is 2.45 bits per heavy atom. The maximum atomic E-state index is 13.4. The molecule has 0 radical (unpaired) electrons. The molecule has 1 atom stereocenters. The molecule has 0 aliphatic carbocycles. The van der Waals surface area contributed by atoms with Crippen LogP contribution < -0.4 is 10.6 Å². The Hall–Kier alpha value is -1.82. The lowest BCUT2D eigenvalue weighted by molar-refractivity contribution is -0.141. The van der Waals surface area contributed by atoms with E-state index in [1.165, 1.54) is 12.1 Å². The van der Waals surface area contributed by atoms with Crippen LogP contribution in [0.5, 0.6) is 0 Å². The van der Waals surface area contributed by atoms with Gasteiger partial charge in [0.25, 0.3) is 0 Å². The fourth-order valence-corrected chi connectivity index (χ4v) is 1.70. The predicted octanol–water partition coefficient (Wildman–Crippen LogP) is 3.10. The number of aliphatic carboxylic acids is 1. The second kappa shape index (κ2) is 6.09. The van der Waals surface area contributed by atoms with Gasteiger partial charge < -0.3 is 15.7 Å². The lowest BCUT2D eigenvalue weighted by Gasteiger charge is -2.27. The molecule has 0 aliphatic rings. The van der Waals surface area contributed by atoms with E-state index in [1.54, 1.807) is 20.8 Å². The fraction of sp³-hybridized carbons (Fsp3) is 0.385. The van der Waals surface area contributed by atoms with Crippen LogP contribution in [0, 0.1) is 11.2 Å². The molecule has 0 saturated carbocycles. The molecule has 110 valence electrons. The van der Waals surface area contributed by atoms with Gasteiger partial charge >= 0.3 is 12.0 Å². The van der Waals surface area contributed by atoms with E-state index in [4.69, 9.17) is 16.7 Å². The van der Waals surface area contributed by atoms with Gasteiger partial charge in [0, 0.05) is 5.02 Å². The van der Waals surface area contributed by atoms with Crippen molar-refractivity contribution in [1.29, 1.82) is 0 Å². The number of halogens is 2. The number of carboxylic acids is 1. The maximum Gasteiger partial charge on any atom is 0.326 e. The second-order valence-electron chi connectivity index (χ2n) is 5.36. The van der Waals surface area contributed by atoms with Gasteiger partial charge in [0.15, 0.2) is 0 Å². The Labute approximate surface area is 121 Å². The molecule has 0 heterocycles. The average molecular weight is 303 g/mol. The smallest absolute Gasteiger partial charge is 0.326 e. The lowest BCUT2D eigenvalue weighted by atomic mass is 9.87. The van der Waals surface area contributed by atoms with Crippen molar-refractivity contribution >= 4 is 29.3 Å². The molecule has 0 aliphatic heterocycles. The van der Waals surface area contributed by atoms with Crippen molar-refractivity contribution in [3.8, 4) is 0 Å². The van der Waals surface area contributed by atoms with Crippen molar-refractivity contribution in [2.24, 2.45) is 5.41 Å². The van der Waals surface area contributed by atoms with Crippen LogP contribution >= 0.6 is 11.6 Å². The number of amides is 2. The first kappa shape index (κ1) is 16.2. The molecule has 2 amide bonds. The van der Waals surface area contributed by atoms with Crippen molar-refractivity contribution in [3.05, 3.63) is 29.0 Å². The Kier molecular flexibility index (Phi) is 4.94. The SMILES string of the molecule is CC(C)(C)[C@@H](NC(=O)Nc1cc(Cl)ccc1F)C(=O)O. The van der Waals surface area contributed by atoms with E-state index < -0.39 is 29.3 Å². The molecule has 0 bridgehead atoms. The molecule has 1 aromatic rings. The Morgan fingerprint density at radius 2 is 1.95 bits per heavy atom. The molecule has 3 N–H and O–H groups in total. The Balaban J connectivity index is 2.81. The van der Waals surface area contributed by atoms with Crippen molar-refractivity contribution in [2.45, 2.75) is 26.8 Å². The minimum Gasteiger partial charge on any atom is -0.480 e. The minimum atomic E-state index is -1.17. The zero-order chi connectivity index (χ0) is 15.5. The van der Waals surface area contributed by atoms with Gasteiger partial charge in [0.05, 0.1) is 5.69 Å². The van der Waals surface area contributed by atoms with Gasteiger partial charge in [-0.15, -0.1) is 0 Å². The third-order valence-corrected chi connectivity index (χ3v) is 2.80. The van der Waals surface area contributed by atoms with Crippen LogP contribution in [0.1, 0.15) is 20.8 Å². The summed E-state index contributed by atoms with van der Waals surface area (Å²) in [4.78, 5) is 22.9. The number of nitrogens with one attached hydrogen (secondary N) is 2. The first-order valence-electron chi connectivity index (χ1n) is 5.86. The van der Waals surface area contributed by atoms with Gasteiger partial charge in [-0.05, 0) is 23.6 Å². The molecule has 1 rings (SSSR count). The van der Waals surface area contributed by atoms with Crippen LogP contribution in [0.25, 0.3) is 0 Å². The number of carbonyl (C=O) groups is 2. The predicted molar refractivity (Wildman–Crippen MR) is 74.4 cm³/mol. The molecule has 0 unspecified atom stereocenters. The molecule has 0 saturated heterocycles. The van der Waals surface area contributed by atoms with Gasteiger partial charge in [0.2, 0.25) is 0 Å². The third-order valence-electron chi connectivity index (χ3n) is 2.57. The van der Waals surface area contributed by atoms with Crippen molar-refractivity contribution in [2.75, 3.05) is 5.32 Å². The van der Waals surface area contributed by atoms with Crippen molar-refractivity contribution in [3.63, 3.8) is 0 Å². The summed E-state index contributed by atoms with van der Waals surface area (Å²) in [6, 6.07) is 1.77. The summed E-state index contributed by atoms with van der Waals surface area (Å²) >= 11 is 5.70. The van der Waals surface area contributed by atoms with Crippen LogP contribution in [0.15, 0.2) is 18.2 Å². The van der Waals surface area contributed by atoms with Crippen molar-refractivity contribution < 1.29 is 19.1 Å².